The minimum absolute atomic E-state index is 0.443. The molecule has 0 saturated carbocycles. The maximum absolute atomic E-state index is 12.7. The highest BCUT2D eigenvalue weighted by Gasteiger charge is 2.29. The van der Waals surface area contributed by atoms with Crippen molar-refractivity contribution >= 4 is 39.2 Å². The first-order valence-corrected chi connectivity index (χ1v) is 13.9. The summed E-state index contributed by atoms with van der Waals surface area (Å²) in [5.74, 6) is 1.23. The fraction of sp³-hybridized carbons (Fsp3) is 0.161. The average molecular weight is 596 g/mol. The lowest BCUT2D eigenvalue weighted by Crippen LogP contribution is -2.31. The second-order valence-electron chi connectivity index (χ2n) is 9.49. The molecule has 40 heavy (non-hydrogen) atoms. The number of benzene rings is 2. The van der Waals surface area contributed by atoms with Crippen molar-refractivity contribution in [2.24, 2.45) is 0 Å². The molecule has 6 aromatic rings. The summed E-state index contributed by atoms with van der Waals surface area (Å²) in [5, 5.41) is 0.906. The second kappa shape index (κ2) is 11.3. The third kappa shape index (κ3) is 5.08. The van der Waals surface area contributed by atoms with Gasteiger partial charge < -0.3 is 13.6 Å². The monoisotopic (exact) mass is 594 g/mol. The van der Waals surface area contributed by atoms with Gasteiger partial charge in [-0.15, -0.1) is 0 Å². The lowest BCUT2D eigenvalue weighted by atomic mass is 10.1. The van der Waals surface area contributed by atoms with Crippen molar-refractivity contribution in [3.8, 4) is 16.9 Å². The maximum Gasteiger partial charge on any atom is 0.217 e. The highest BCUT2D eigenvalue weighted by molar-refractivity contribution is 9.10. The number of carbonyl (C=O) groups excluding carboxylic acids is 1. The van der Waals surface area contributed by atoms with Crippen LogP contribution in [0.1, 0.15) is 30.9 Å². The molecule has 0 aliphatic rings. The van der Waals surface area contributed by atoms with Gasteiger partial charge in [-0.3, -0.25) is 14.7 Å². The Hall–Kier alpha value is -4.50. The van der Waals surface area contributed by atoms with E-state index in [4.69, 9.17) is 9.40 Å². The normalized spacial score (nSPS) is 12.1. The van der Waals surface area contributed by atoms with Crippen LogP contribution in [0, 0.1) is 0 Å². The van der Waals surface area contributed by atoms with Crippen LogP contribution < -0.4 is 4.90 Å². The van der Waals surface area contributed by atoms with Crippen molar-refractivity contribution in [2.45, 2.75) is 32.4 Å². The summed E-state index contributed by atoms with van der Waals surface area (Å²) in [5.41, 5.74) is 4.62. The van der Waals surface area contributed by atoms with Gasteiger partial charge >= 0.3 is 0 Å². The number of carbonyl (C=O) groups is 1. The van der Waals surface area contributed by atoms with Gasteiger partial charge in [0.2, 0.25) is 12.3 Å². The van der Waals surface area contributed by atoms with E-state index in [0.29, 0.717) is 17.9 Å². The number of hydrogen-bond acceptors (Lipinski definition) is 5. The molecular weight excluding hydrogens is 568 g/mol. The molecule has 0 spiro atoms. The summed E-state index contributed by atoms with van der Waals surface area (Å²) in [7, 11) is 0. The molecule has 2 aromatic carbocycles. The Morgan fingerprint density at radius 3 is 2.65 bits per heavy atom. The van der Waals surface area contributed by atoms with Crippen molar-refractivity contribution in [3.63, 3.8) is 0 Å². The van der Waals surface area contributed by atoms with Crippen LogP contribution in [0.3, 0.4) is 0 Å². The molecule has 0 unspecified atom stereocenters. The summed E-state index contributed by atoms with van der Waals surface area (Å²) >= 11 is 3.52. The summed E-state index contributed by atoms with van der Waals surface area (Å²) in [6.45, 7) is 2.88. The predicted molar refractivity (Wildman–Crippen MR) is 158 cm³/mol. The van der Waals surface area contributed by atoms with E-state index >= 15 is 0 Å². The number of halogens is 1. The summed E-state index contributed by atoms with van der Waals surface area (Å²) in [6, 6.07) is 21.3. The quantitative estimate of drug-likeness (QED) is 0.159. The average Bonchev–Trinajstić information content (AvgIpc) is 3.74. The van der Waals surface area contributed by atoms with Gasteiger partial charge in [0, 0.05) is 58.9 Å². The first kappa shape index (κ1) is 25.8. The lowest BCUT2D eigenvalue weighted by Gasteiger charge is -2.27. The molecule has 4 aromatic heterocycles. The van der Waals surface area contributed by atoms with Gasteiger partial charge in [0.25, 0.3) is 0 Å². The molecule has 0 bridgehead atoms. The van der Waals surface area contributed by atoms with Crippen LogP contribution >= 0.6 is 15.9 Å². The standard InChI is InChI=1S/C31H27BrN6O2/c1-2-14-37-28(22-6-9-26(10-7-22)36-15-13-33-20-36)19-35-31(37)27(18-25-5-3-4-12-34-25)38(21-39)30-17-23-16-24(32)8-11-29(23)40-30/h3-13,15-17,19-21,27H,2,14,18H2,1H3/t27-/m0/s1. The molecule has 0 radical (unpaired) electrons. The Bertz CT molecular complexity index is 1730. The summed E-state index contributed by atoms with van der Waals surface area (Å²) < 4.78 is 11.3. The van der Waals surface area contributed by atoms with Gasteiger partial charge in [-0.1, -0.05) is 41.1 Å². The first-order chi connectivity index (χ1) is 19.6. The fourth-order valence-corrected chi connectivity index (χ4v) is 5.38. The molecule has 8 nitrogen and oxygen atoms in total. The molecule has 0 saturated heterocycles. The van der Waals surface area contributed by atoms with Gasteiger partial charge in [-0.25, -0.2) is 9.97 Å². The van der Waals surface area contributed by atoms with Gasteiger partial charge in [-0.05, 0) is 54.4 Å². The zero-order valence-electron chi connectivity index (χ0n) is 21.9. The Labute approximate surface area is 240 Å². The van der Waals surface area contributed by atoms with Crippen LogP contribution in [-0.4, -0.2) is 30.5 Å². The van der Waals surface area contributed by atoms with E-state index in [1.807, 2.05) is 59.4 Å². The number of anilines is 1. The SMILES string of the molecule is CCCn1c(-c2ccc(-n3ccnc3)cc2)cnc1[C@H](Cc1ccccn1)N(C=O)c1cc2cc(Br)ccc2o1. The molecule has 4 heterocycles. The van der Waals surface area contributed by atoms with Crippen molar-refractivity contribution in [1.82, 2.24) is 24.1 Å². The smallest absolute Gasteiger partial charge is 0.217 e. The number of amides is 1. The number of pyridine rings is 1. The van der Waals surface area contributed by atoms with Crippen molar-refractivity contribution in [1.29, 1.82) is 0 Å². The topological polar surface area (TPSA) is 82.0 Å². The number of aromatic nitrogens is 5. The minimum atomic E-state index is -0.443. The van der Waals surface area contributed by atoms with Gasteiger partial charge in [0.05, 0.1) is 18.2 Å². The third-order valence-electron chi connectivity index (χ3n) is 6.90. The first-order valence-electron chi connectivity index (χ1n) is 13.1. The molecule has 1 amide bonds. The van der Waals surface area contributed by atoms with E-state index in [9.17, 15) is 4.79 Å². The Kier molecular flexibility index (Phi) is 7.29. The molecule has 0 aliphatic carbocycles. The number of hydrogen-bond donors (Lipinski definition) is 0. The van der Waals surface area contributed by atoms with Crippen LogP contribution in [0.4, 0.5) is 5.88 Å². The van der Waals surface area contributed by atoms with E-state index in [1.165, 1.54) is 0 Å². The molecule has 1 atom stereocenters. The van der Waals surface area contributed by atoms with Crippen LogP contribution in [0.5, 0.6) is 0 Å². The zero-order chi connectivity index (χ0) is 27.5. The molecule has 9 heteroatoms. The van der Waals surface area contributed by atoms with E-state index in [2.05, 4.69) is 61.7 Å². The van der Waals surface area contributed by atoms with Crippen LogP contribution in [0.2, 0.25) is 0 Å². The molecule has 0 N–H and O–H groups in total. The zero-order valence-corrected chi connectivity index (χ0v) is 23.5. The van der Waals surface area contributed by atoms with Gasteiger partial charge in [0.1, 0.15) is 17.4 Å². The van der Waals surface area contributed by atoms with Crippen LogP contribution in [0.25, 0.3) is 27.9 Å². The van der Waals surface area contributed by atoms with Gasteiger partial charge in [0.15, 0.2) is 0 Å². The second-order valence-corrected chi connectivity index (χ2v) is 10.4. The third-order valence-corrected chi connectivity index (χ3v) is 7.39. The summed E-state index contributed by atoms with van der Waals surface area (Å²) in [6.07, 6.45) is 11.3. The number of rotatable bonds is 10. The van der Waals surface area contributed by atoms with E-state index in [0.717, 1.165) is 57.7 Å². The number of furan rings is 1. The molecular formula is C31H27BrN6O2. The van der Waals surface area contributed by atoms with Crippen LogP contribution in [0.15, 0.2) is 107 Å². The number of nitrogens with zero attached hydrogens (tertiary/aromatic N) is 6. The largest absolute Gasteiger partial charge is 0.440 e. The van der Waals surface area contributed by atoms with E-state index in [-0.39, 0.29) is 0 Å². The van der Waals surface area contributed by atoms with Crippen molar-refractivity contribution < 1.29 is 9.21 Å². The minimum Gasteiger partial charge on any atom is -0.440 e. The Balaban J connectivity index is 1.44. The fourth-order valence-electron chi connectivity index (χ4n) is 5.00. The van der Waals surface area contributed by atoms with Crippen molar-refractivity contribution in [2.75, 3.05) is 4.90 Å². The van der Waals surface area contributed by atoms with Crippen LogP contribution in [-0.2, 0) is 17.8 Å². The molecule has 0 fully saturated rings. The Morgan fingerprint density at radius 2 is 1.93 bits per heavy atom. The maximum atomic E-state index is 12.7. The molecule has 200 valence electrons. The number of fused-ring (bicyclic) bond motifs is 1. The highest BCUT2D eigenvalue weighted by Crippen LogP contribution is 2.35. The molecule has 0 aliphatic heterocycles. The van der Waals surface area contributed by atoms with E-state index < -0.39 is 6.04 Å². The highest BCUT2D eigenvalue weighted by atomic mass is 79.9. The predicted octanol–water partition coefficient (Wildman–Crippen LogP) is 7.00. The number of imidazole rings is 2. The Morgan fingerprint density at radius 1 is 1.05 bits per heavy atom. The van der Waals surface area contributed by atoms with Crippen molar-refractivity contribution in [3.05, 3.63) is 114 Å². The lowest BCUT2D eigenvalue weighted by molar-refractivity contribution is -0.108. The van der Waals surface area contributed by atoms with Gasteiger partial charge in [-0.2, -0.15) is 0 Å². The molecule has 6 rings (SSSR count). The van der Waals surface area contributed by atoms with E-state index in [1.54, 1.807) is 23.6 Å². The summed E-state index contributed by atoms with van der Waals surface area (Å²) in [4.78, 5) is 28.0.